The Hall–Kier alpha value is -2.97. The molecule has 3 rings (SSSR count). The summed E-state index contributed by atoms with van der Waals surface area (Å²) < 4.78 is 1.10. The lowest BCUT2D eigenvalue weighted by molar-refractivity contribution is 0.0693. The molecule has 2 heterocycles. The quantitative estimate of drug-likeness (QED) is 0.617. The van der Waals surface area contributed by atoms with Gasteiger partial charge in [0.05, 0.1) is 17.5 Å². The number of H-pyrrole nitrogens is 1. The molecule has 27 heavy (non-hydrogen) atoms. The predicted molar refractivity (Wildman–Crippen MR) is 101 cm³/mol. The zero-order valence-corrected chi connectivity index (χ0v) is 15.5. The van der Waals surface area contributed by atoms with Crippen LogP contribution in [0.3, 0.4) is 0 Å². The lowest BCUT2D eigenvalue weighted by Gasteiger charge is -2.17. The molecule has 0 fully saturated rings. The van der Waals surface area contributed by atoms with Crippen LogP contribution >= 0.6 is 11.6 Å². The second kappa shape index (κ2) is 7.34. The third-order valence-electron chi connectivity index (χ3n) is 3.71. The summed E-state index contributed by atoms with van der Waals surface area (Å²) in [6.07, 6.45) is 2.93. The lowest BCUT2D eigenvalue weighted by atomic mass is 10.1. The predicted octanol–water partition coefficient (Wildman–Crippen LogP) is 1.78. The first-order valence-electron chi connectivity index (χ1n) is 8.15. The summed E-state index contributed by atoms with van der Waals surface area (Å²) in [4.78, 5) is 25.3. The average molecular weight is 388 g/mol. The van der Waals surface area contributed by atoms with E-state index in [9.17, 15) is 14.7 Å². The Labute approximate surface area is 159 Å². The molecule has 0 aliphatic carbocycles. The average Bonchev–Trinajstić information content (AvgIpc) is 3.14. The highest BCUT2D eigenvalue weighted by Gasteiger charge is 2.20. The molecule has 0 aliphatic heterocycles. The highest BCUT2D eigenvalue weighted by atomic mass is 35.5. The molecule has 0 saturated carbocycles. The smallest absolute Gasteiger partial charge is 0.284 e. The van der Waals surface area contributed by atoms with E-state index in [4.69, 9.17) is 11.6 Å². The Bertz CT molecular complexity index is 1000. The molecule has 0 aliphatic rings. The number of aliphatic hydroxyl groups is 1. The van der Waals surface area contributed by atoms with Gasteiger partial charge in [0.1, 0.15) is 11.3 Å². The molecule has 0 saturated heterocycles. The number of halogens is 1. The van der Waals surface area contributed by atoms with E-state index < -0.39 is 17.1 Å². The van der Waals surface area contributed by atoms with E-state index in [1.165, 1.54) is 18.5 Å². The summed E-state index contributed by atoms with van der Waals surface area (Å²) in [5.74, 6) is -0.600. The number of nitrogens with zero attached hydrogens (tertiary/aromatic N) is 3. The van der Waals surface area contributed by atoms with Crippen molar-refractivity contribution in [2.24, 2.45) is 0 Å². The summed E-state index contributed by atoms with van der Waals surface area (Å²) in [6, 6.07) is 8.29. The standard InChI is InChI=1S/C18H18ClN5O3/c1-18(2,27)10-20-16(25)14-7-15(11-3-5-12(19)6-4-11)23-24(17(14)26)13-8-21-22-9-13/h3-9,27H,10H2,1-2H3,(H,20,25)(H,21,22). The monoisotopic (exact) mass is 387 g/mol. The van der Waals surface area contributed by atoms with Gasteiger partial charge in [-0.15, -0.1) is 0 Å². The van der Waals surface area contributed by atoms with Crippen LogP contribution in [0.2, 0.25) is 5.02 Å². The number of rotatable bonds is 5. The molecule has 1 aromatic carbocycles. The van der Waals surface area contributed by atoms with Gasteiger partial charge in [-0.3, -0.25) is 14.7 Å². The summed E-state index contributed by atoms with van der Waals surface area (Å²) in [7, 11) is 0. The molecule has 1 amide bonds. The van der Waals surface area contributed by atoms with E-state index in [0.29, 0.717) is 22.0 Å². The van der Waals surface area contributed by atoms with E-state index in [1.807, 2.05) is 0 Å². The molecule has 9 heteroatoms. The van der Waals surface area contributed by atoms with Gasteiger partial charge in [0, 0.05) is 23.3 Å². The molecule has 0 spiro atoms. The molecule has 8 nitrogen and oxygen atoms in total. The number of benzene rings is 1. The summed E-state index contributed by atoms with van der Waals surface area (Å²) in [5, 5.41) is 23.7. The van der Waals surface area contributed by atoms with Crippen LogP contribution in [-0.2, 0) is 0 Å². The molecule has 3 aromatic rings. The van der Waals surface area contributed by atoms with Crippen LogP contribution in [-0.4, -0.2) is 43.1 Å². The fourth-order valence-corrected chi connectivity index (χ4v) is 2.47. The first-order valence-corrected chi connectivity index (χ1v) is 8.52. The zero-order valence-electron chi connectivity index (χ0n) is 14.7. The molecule has 0 radical (unpaired) electrons. The van der Waals surface area contributed by atoms with Gasteiger partial charge >= 0.3 is 0 Å². The highest BCUT2D eigenvalue weighted by molar-refractivity contribution is 6.30. The van der Waals surface area contributed by atoms with Crippen molar-refractivity contribution in [2.75, 3.05) is 6.54 Å². The number of nitrogens with one attached hydrogen (secondary N) is 2. The third-order valence-corrected chi connectivity index (χ3v) is 3.96. The highest BCUT2D eigenvalue weighted by Crippen LogP contribution is 2.20. The summed E-state index contributed by atoms with van der Waals surface area (Å²) in [6.45, 7) is 3.11. The van der Waals surface area contributed by atoms with Crippen molar-refractivity contribution in [1.82, 2.24) is 25.3 Å². The van der Waals surface area contributed by atoms with Crippen molar-refractivity contribution in [3.05, 3.63) is 63.7 Å². The summed E-state index contributed by atoms with van der Waals surface area (Å²) in [5.41, 5.74) is -0.296. The fraction of sp³-hybridized carbons (Fsp3) is 0.222. The van der Waals surface area contributed by atoms with Crippen molar-refractivity contribution in [3.8, 4) is 16.9 Å². The van der Waals surface area contributed by atoms with E-state index in [1.54, 1.807) is 38.1 Å². The minimum absolute atomic E-state index is 0.00438. The van der Waals surface area contributed by atoms with Gasteiger partial charge in [-0.1, -0.05) is 23.7 Å². The Morgan fingerprint density at radius 2 is 2.04 bits per heavy atom. The van der Waals surface area contributed by atoms with Gasteiger partial charge in [0.25, 0.3) is 11.5 Å². The second-order valence-electron chi connectivity index (χ2n) is 6.62. The van der Waals surface area contributed by atoms with E-state index >= 15 is 0 Å². The molecule has 140 valence electrons. The van der Waals surface area contributed by atoms with E-state index in [2.05, 4.69) is 20.6 Å². The molecule has 0 unspecified atom stereocenters. The summed E-state index contributed by atoms with van der Waals surface area (Å²) >= 11 is 5.93. The molecular formula is C18H18ClN5O3. The van der Waals surface area contributed by atoms with Crippen molar-refractivity contribution in [3.63, 3.8) is 0 Å². The van der Waals surface area contributed by atoms with Gasteiger partial charge < -0.3 is 10.4 Å². The SMILES string of the molecule is CC(C)(O)CNC(=O)c1cc(-c2ccc(Cl)cc2)nn(-c2cn[nH]c2)c1=O. The Balaban J connectivity index is 2.10. The largest absolute Gasteiger partial charge is 0.389 e. The lowest BCUT2D eigenvalue weighted by Crippen LogP contribution is -2.41. The number of amides is 1. The van der Waals surface area contributed by atoms with Crippen LogP contribution in [0.15, 0.2) is 47.5 Å². The Kier molecular flexibility index (Phi) is 5.11. The van der Waals surface area contributed by atoms with Crippen molar-refractivity contribution in [1.29, 1.82) is 0 Å². The first kappa shape index (κ1) is 18.8. The number of hydrogen-bond donors (Lipinski definition) is 3. The molecular weight excluding hydrogens is 370 g/mol. The van der Waals surface area contributed by atoms with Gasteiger partial charge in [-0.2, -0.15) is 14.9 Å². The van der Waals surface area contributed by atoms with Crippen LogP contribution in [0.25, 0.3) is 16.9 Å². The molecule has 0 atom stereocenters. The van der Waals surface area contributed by atoms with Crippen LogP contribution in [0.5, 0.6) is 0 Å². The van der Waals surface area contributed by atoms with Crippen LogP contribution in [0.4, 0.5) is 0 Å². The first-order chi connectivity index (χ1) is 12.7. The molecule has 0 bridgehead atoms. The van der Waals surface area contributed by atoms with Gasteiger partial charge in [0.15, 0.2) is 0 Å². The Morgan fingerprint density at radius 1 is 1.33 bits per heavy atom. The number of aromatic amines is 1. The van der Waals surface area contributed by atoms with Crippen molar-refractivity contribution < 1.29 is 9.90 Å². The molecule has 2 aromatic heterocycles. The zero-order chi connectivity index (χ0) is 19.6. The minimum atomic E-state index is -1.11. The Morgan fingerprint density at radius 3 is 2.63 bits per heavy atom. The van der Waals surface area contributed by atoms with Crippen molar-refractivity contribution in [2.45, 2.75) is 19.4 Å². The number of carbonyl (C=O) groups is 1. The van der Waals surface area contributed by atoms with Crippen LogP contribution in [0, 0.1) is 0 Å². The second-order valence-corrected chi connectivity index (χ2v) is 7.06. The van der Waals surface area contributed by atoms with Gasteiger partial charge in [-0.05, 0) is 32.0 Å². The fourth-order valence-electron chi connectivity index (χ4n) is 2.35. The van der Waals surface area contributed by atoms with Gasteiger partial charge in [-0.25, -0.2) is 0 Å². The third kappa shape index (κ3) is 4.42. The van der Waals surface area contributed by atoms with Crippen molar-refractivity contribution >= 4 is 17.5 Å². The van der Waals surface area contributed by atoms with Gasteiger partial charge in [0.2, 0.25) is 0 Å². The maximum absolute atomic E-state index is 12.8. The van der Waals surface area contributed by atoms with E-state index in [-0.39, 0.29) is 12.1 Å². The maximum Gasteiger partial charge on any atom is 0.284 e. The van der Waals surface area contributed by atoms with E-state index in [0.717, 1.165) is 4.68 Å². The number of hydrogen-bond acceptors (Lipinski definition) is 5. The molecule has 3 N–H and O–H groups in total. The number of aromatic nitrogens is 4. The minimum Gasteiger partial charge on any atom is -0.389 e. The van der Waals surface area contributed by atoms with Crippen LogP contribution in [0.1, 0.15) is 24.2 Å². The number of carbonyl (C=O) groups excluding carboxylic acids is 1. The maximum atomic E-state index is 12.8. The topological polar surface area (TPSA) is 113 Å². The van der Waals surface area contributed by atoms with Crippen LogP contribution < -0.4 is 10.9 Å². The normalized spacial score (nSPS) is 11.4.